The number of aliphatic hydroxyl groups excluding tert-OH is 1. The van der Waals surface area contributed by atoms with Crippen LogP contribution in [0.1, 0.15) is 27.0 Å². The van der Waals surface area contributed by atoms with Crippen LogP contribution in [0.15, 0.2) is 72.6 Å². The minimum atomic E-state index is -0.181. The fourth-order valence-corrected chi connectivity index (χ4v) is 3.59. The van der Waals surface area contributed by atoms with Gasteiger partial charge < -0.3 is 14.6 Å². The van der Waals surface area contributed by atoms with Crippen molar-refractivity contribution in [1.82, 2.24) is 0 Å². The highest BCUT2D eigenvalue weighted by molar-refractivity contribution is 6.16. The normalized spacial score (nSPS) is 14.5. The second-order valence-electron chi connectivity index (χ2n) is 6.94. The lowest BCUT2D eigenvalue weighted by Gasteiger charge is -2.08. The molecule has 5 heteroatoms. The van der Waals surface area contributed by atoms with Gasteiger partial charge in [0.05, 0.1) is 14.2 Å². The molecule has 0 bridgehead atoms. The predicted molar refractivity (Wildman–Crippen MR) is 109 cm³/mol. The van der Waals surface area contributed by atoms with Crippen LogP contribution in [0.3, 0.4) is 0 Å². The number of aliphatic hydroxyl groups is 1. The molecule has 1 N–H and O–H groups in total. The van der Waals surface area contributed by atoms with Crippen LogP contribution in [0.25, 0.3) is 5.76 Å². The van der Waals surface area contributed by atoms with Crippen LogP contribution in [0, 0.1) is 0 Å². The summed E-state index contributed by atoms with van der Waals surface area (Å²) in [6, 6.07) is 17.3. The first-order valence-corrected chi connectivity index (χ1v) is 9.36. The first-order chi connectivity index (χ1) is 14.1. The maximum absolute atomic E-state index is 12.9. The van der Waals surface area contributed by atoms with Crippen LogP contribution >= 0.6 is 0 Å². The van der Waals surface area contributed by atoms with E-state index in [-0.39, 0.29) is 11.5 Å². The van der Waals surface area contributed by atoms with Crippen LogP contribution in [-0.4, -0.2) is 25.1 Å². The molecule has 0 spiro atoms. The van der Waals surface area contributed by atoms with Gasteiger partial charge in [-0.1, -0.05) is 30.3 Å². The number of rotatable bonds is 5. The molecule has 146 valence electrons. The molecule has 2 aromatic carbocycles. The number of ketones is 1. The summed E-state index contributed by atoms with van der Waals surface area (Å²) in [6.45, 7) is 0.739. The van der Waals surface area contributed by atoms with E-state index in [4.69, 9.17) is 9.47 Å². The third kappa shape index (κ3) is 3.59. The Kier molecular flexibility index (Phi) is 5.04. The Morgan fingerprint density at radius 2 is 1.66 bits per heavy atom. The predicted octanol–water partition coefficient (Wildman–Crippen LogP) is 3.75. The van der Waals surface area contributed by atoms with Gasteiger partial charge in [0.25, 0.3) is 0 Å². The number of aromatic nitrogens is 1. The molecule has 0 saturated heterocycles. The number of pyridine rings is 1. The van der Waals surface area contributed by atoms with E-state index < -0.39 is 0 Å². The third-order valence-electron chi connectivity index (χ3n) is 5.15. The van der Waals surface area contributed by atoms with Crippen molar-refractivity contribution in [1.29, 1.82) is 0 Å². The number of Topliss-reactive ketones (excluding diaryl/α,β-unsaturated/α-hetero) is 1. The van der Waals surface area contributed by atoms with Gasteiger partial charge in [0.2, 0.25) is 0 Å². The summed E-state index contributed by atoms with van der Waals surface area (Å²) < 4.78 is 12.6. The first kappa shape index (κ1) is 18.7. The molecule has 3 aromatic rings. The average molecular weight is 388 g/mol. The molecule has 5 nitrogen and oxygen atoms in total. The van der Waals surface area contributed by atoms with Crippen LogP contribution in [0.5, 0.6) is 11.5 Å². The van der Waals surface area contributed by atoms with Gasteiger partial charge in [0.1, 0.15) is 5.76 Å². The van der Waals surface area contributed by atoms with Crippen molar-refractivity contribution in [2.45, 2.75) is 13.0 Å². The van der Waals surface area contributed by atoms with Gasteiger partial charge >= 0.3 is 0 Å². The van der Waals surface area contributed by atoms with E-state index in [2.05, 4.69) is 12.1 Å². The summed E-state index contributed by atoms with van der Waals surface area (Å²) in [5, 5.41) is 10.8. The number of carbonyl (C=O) groups excluding carboxylic acids is 1. The lowest BCUT2D eigenvalue weighted by atomic mass is 10.1. The number of methoxy groups -OCH3 is 2. The fourth-order valence-electron chi connectivity index (χ4n) is 3.59. The van der Waals surface area contributed by atoms with Crippen molar-refractivity contribution in [3.05, 3.63) is 94.8 Å². The Morgan fingerprint density at radius 3 is 2.31 bits per heavy atom. The van der Waals surface area contributed by atoms with E-state index in [1.807, 2.05) is 47.3 Å². The highest BCUT2D eigenvalue weighted by Crippen LogP contribution is 2.38. The summed E-state index contributed by atoms with van der Waals surface area (Å²) in [5.41, 5.74) is 3.56. The molecule has 4 rings (SSSR count). The molecule has 1 aliphatic carbocycles. The zero-order valence-corrected chi connectivity index (χ0v) is 16.4. The number of carbonyl (C=O) groups is 1. The molecule has 0 saturated carbocycles. The van der Waals surface area contributed by atoms with Crippen molar-refractivity contribution >= 4 is 11.5 Å². The van der Waals surface area contributed by atoms with E-state index in [9.17, 15) is 9.90 Å². The summed E-state index contributed by atoms with van der Waals surface area (Å²) in [4.78, 5) is 12.9. The third-order valence-corrected chi connectivity index (χ3v) is 5.15. The quantitative estimate of drug-likeness (QED) is 0.411. The van der Waals surface area contributed by atoms with Crippen molar-refractivity contribution < 1.29 is 23.9 Å². The maximum atomic E-state index is 12.9. The molecule has 0 aliphatic heterocycles. The van der Waals surface area contributed by atoms with Crippen LogP contribution in [0.4, 0.5) is 0 Å². The minimum absolute atomic E-state index is 0.0102. The van der Waals surface area contributed by atoms with Gasteiger partial charge in [-0.2, -0.15) is 0 Å². The fraction of sp³-hybridized carbons (Fsp3) is 0.167. The lowest BCUT2D eigenvalue weighted by molar-refractivity contribution is -0.688. The number of nitrogens with zero attached hydrogens (tertiary/aromatic N) is 1. The number of ether oxygens (including phenoxy) is 2. The minimum Gasteiger partial charge on any atom is -0.507 e. The Hall–Kier alpha value is -3.60. The van der Waals surface area contributed by atoms with Crippen molar-refractivity contribution in [3.8, 4) is 11.5 Å². The molecule has 0 fully saturated rings. The van der Waals surface area contributed by atoms with E-state index >= 15 is 0 Å². The molecule has 0 amide bonds. The van der Waals surface area contributed by atoms with E-state index in [0.29, 0.717) is 34.6 Å². The SMILES string of the molecule is COc1cc2c(cc1OC)C(=O)C(=C(O)c1cc[n+](Cc3ccccc3)cc1)C2. The second kappa shape index (κ2) is 7.80. The lowest BCUT2D eigenvalue weighted by Crippen LogP contribution is -2.33. The summed E-state index contributed by atoms with van der Waals surface area (Å²) >= 11 is 0. The van der Waals surface area contributed by atoms with Crippen LogP contribution < -0.4 is 14.0 Å². The molecule has 0 atom stereocenters. The Balaban J connectivity index is 1.61. The average Bonchev–Trinajstić information content (AvgIpc) is 3.09. The number of benzene rings is 2. The van der Waals surface area contributed by atoms with Crippen LogP contribution in [-0.2, 0) is 13.0 Å². The number of hydrogen-bond acceptors (Lipinski definition) is 4. The van der Waals surface area contributed by atoms with Crippen LogP contribution in [0.2, 0.25) is 0 Å². The number of fused-ring (bicyclic) bond motifs is 1. The summed E-state index contributed by atoms with van der Waals surface area (Å²) in [6.07, 6.45) is 4.16. The molecule has 1 aromatic heterocycles. The molecule has 0 radical (unpaired) electrons. The monoisotopic (exact) mass is 388 g/mol. The Bertz CT molecular complexity index is 1090. The van der Waals surface area contributed by atoms with Gasteiger partial charge in [0, 0.05) is 40.8 Å². The standard InChI is InChI=1S/C24H21NO4/c1-28-21-13-18-12-20(24(27)19(18)14-22(21)29-2)23(26)17-8-10-25(11-9-17)15-16-6-4-3-5-7-16/h3-11,13-14H,12,15H2,1-2H3/p+1. The van der Waals surface area contributed by atoms with E-state index in [1.54, 1.807) is 19.2 Å². The topological polar surface area (TPSA) is 59.6 Å². The van der Waals surface area contributed by atoms with Gasteiger partial charge in [-0.25, -0.2) is 4.57 Å². The van der Waals surface area contributed by atoms with E-state index in [1.165, 1.54) is 12.7 Å². The summed E-state index contributed by atoms with van der Waals surface area (Å²) in [7, 11) is 3.09. The largest absolute Gasteiger partial charge is 0.507 e. The number of hydrogen-bond donors (Lipinski definition) is 1. The molecule has 1 heterocycles. The zero-order chi connectivity index (χ0) is 20.4. The Labute approximate surface area is 169 Å². The van der Waals surface area contributed by atoms with Gasteiger partial charge in [-0.05, 0) is 17.7 Å². The highest BCUT2D eigenvalue weighted by atomic mass is 16.5. The highest BCUT2D eigenvalue weighted by Gasteiger charge is 2.30. The smallest absolute Gasteiger partial charge is 0.193 e. The van der Waals surface area contributed by atoms with Gasteiger partial charge in [-0.3, -0.25) is 4.79 Å². The summed E-state index contributed by atoms with van der Waals surface area (Å²) in [5.74, 6) is 0.902. The van der Waals surface area contributed by atoms with Crippen molar-refractivity contribution in [3.63, 3.8) is 0 Å². The Morgan fingerprint density at radius 1 is 1.00 bits per heavy atom. The number of allylic oxidation sites excluding steroid dienone is 1. The molecular weight excluding hydrogens is 366 g/mol. The van der Waals surface area contributed by atoms with Crippen molar-refractivity contribution in [2.24, 2.45) is 0 Å². The molecular formula is C24H22NO4+. The second-order valence-corrected chi connectivity index (χ2v) is 6.94. The van der Waals surface area contributed by atoms with Gasteiger partial charge in [0.15, 0.2) is 36.2 Å². The zero-order valence-electron chi connectivity index (χ0n) is 16.4. The van der Waals surface area contributed by atoms with E-state index in [0.717, 1.165) is 12.1 Å². The van der Waals surface area contributed by atoms with Crippen molar-refractivity contribution in [2.75, 3.05) is 14.2 Å². The van der Waals surface area contributed by atoms with Gasteiger partial charge in [-0.15, -0.1) is 0 Å². The molecule has 1 aliphatic rings. The molecule has 0 unspecified atom stereocenters. The first-order valence-electron chi connectivity index (χ1n) is 9.36. The maximum Gasteiger partial charge on any atom is 0.193 e. The molecule has 29 heavy (non-hydrogen) atoms.